The summed E-state index contributed by atoms with van der Waals surface area (Å²) in [4.78, 5) is 25.4. The molecule has 1 aliphatic rings. The first kappa shape index (κ1) is 15.5. The van der Waals surface area contributed by atoms with Gasteiger partial charge in [0.15, 0.2) is 0 Å². The number of imidazole rings is 1. The summed E-state index contributed by atoms with van der Waals surface area (Å²) in [6, 6.07) is 3.64. The fraction of sp³-hybridized carbons (Fsp3) is 0.438. The predicted molar refractivity (Wildman–Crippen MR) is 88.4 cm³/mol. The van der Waals surface area contributed by atoms with Crippen molar-refractivity contribution in [2.45, 2.75) is 6.04 Å². The van der Waals surface area contributed by atoms with Crippen LogP contribution in [0.2, 0.25) is 0 Å². The summed E-state index contributed by atoms with van der Waals surface area (Å²) in [7, 11) is 5.81. The van der Waals surface area contributed by atoms with Crippen molar-refractivity contribution in [3.05, 3.63) is 42.1 Å². The van der Waals surface area contributed by atoms with Crippen molar-refractivity contribution in [2.75, 3.05) is 38.6 Å². The lowest BCUT2D eigenvalue weighted by Gasteiger charge is -2.35. The van der Waals surface area contributed by atoms with Crippen LogP contribution in [0.15, 0.2) is 30.7 Å². The van der Waals surface area contributed by atoms with Gasteiger partial charge in [-0.1, -0.05) is 0 Å². The number of aryl methyl sites for hydroxylation is 1. The quantitative estimate of drug-likeness (QED) is 0.902. The maximum atomic E-state index is 12.9. The number of pyridine rings is 1. The van der Waals surface area contributed by atoms with Crippen molar-refractivity contribution >= 4 is 11.7 Å². The second-order valence-electron chi connectivity index (χ2n) is 5.91. The van der Waals surface area contributed by atoms with E-state index in [9.17, 15) is 4.79 Å². The number of hydrogen-bond acceptors (Lipinski definition) is 5. The first-order valence-corrected chi connectivity index (χ1v) is 7.70. The van der Waals surface area contributed by atoms with Gasteiger partial charge in [0.05, 0.1) is 5.56 Å². The maximum Gasteiger partial charge on any atom is 0.256 e. The van der Waals surface area contributed by atoms with E-state index in [1.54, 1.807) is 12.4 Å². The third-order valence-corrected chi connectivity index (χ3v) is 4.11. The largest absolute Gasteiger partial charge is 0.363 e. The number of carbonyl (C=O) groups is 1. The SMILES string of the molecule is CN(C)c1ccc(C(=O)N2CCNCC2c2nccn2C)cn1. The van der Waals surface area contributed by atoms with Gasteiger partial charge in [0.2, 0.25) is 0 Å². The highest BCUT2D eigenvalue weighted by Crippen LogP contribution is 2.23. The molecular weight excluding hydrogens is 292 g/mol. The molecule has 23 heavy (non-hydrogen) atoms. The first-order valence-electron chi connectivity index (χ1n) is 7.70. The molecule has 3 heterocycles. The van der Waals surface area contributed by atoms with E-state index in [4.69, 9.17) is 0 Å². The summed E-state index contributed by atoms with van der Waals surface area (Å²) < 4.78 is 1.96. The lowest BCUT2D eigenvalue weighted by atomic mass is 10.1. The van der Waals surface area contributed by atoms with E-state index in [1.165, 1.54) is 0 Å². The Labute approximate surface area is 135 Å². The fourth-order valence-electron chi connectivity index (χ4n) is 2.82. The van der Waals surface area contributed by atoms with Crippen LogP contribution in [0.25, 0.3) is 0 Å². The van der Waals surface area contributed by atoms with Crippen molar-refractivity contribution in [2.24, 2.45) is 7.05 Å². The molecule has 1 saturated heterocycles. The highest BCUT2D eigenvalue weighted by Gasteiger charge is 2.31. The minimum absolute atomic E-state index is 0.00249. The number of nitrogens with zero attached hydrogens (tertiary/aromatic N) is 5. The van der Waals surface area contributed by atoms with Gasteiger partial charge in [-0.05, 0) is 12.1 Å². The Morgan fingerprint density at radius 1 is 1.35 bits per heavy atom. The molecule has 0 saturated carbocycles. The van der Waals surface area contributed by atoms with Crippen molar-refractivity contribution in [1.82, 2.24) is 24.8 Å². The predicted octanol–water partition coefficient (Wildman–Crippen LogP) is 0.668. The Kier molecular flexibility index (Phi) is 4.29. The van der Waals surface area contributed by atoms with Crippen LogP contribution in [-0.2, 0) is 7.05 Å². The molecule has 2 aromatic heterocycles. The van der Waals surface area contributed by atoms with E-state index >= 15 is 0 Å². The van der Waals surface area contributed by atoms with Gasteiger partial charge in [-0.3, -0.25) is 4.79 Å². The highest BCUT2D eigenvalue weighted by atomic mass is 16.2. The summed E-state index contributed by atoms with van der Waals surface area (Å²) in [5.74, 6) is 1.73. The molecule has 7 nitrogen and oxygen atoms in total. The van der Waals surface area contributed by atoms with Crippen molar-refractivity contribution < 1.29 is 4.79 Å². The molecular formula is C16H22N6O. The minimum atomic E-state index is -0.0650. The molecule has 3 rings (SSSR count). The summed E-state index contributed by atoms with van der Waals surface area (Å²) in [6.07, 6.45) is 5.31. The Bertz CT molecular complexity index is 678. The lowest BCUT2D eigenvalue weighted by Crippen LogP contribution is -2.49. The average molecular weight is 314 g/mol. The molecule has 1 N–H and O–H groups in total. The van der Waals surface area contributed by atoms with E-state index in [2.05, 4.69) is 15.3 Å². The number of hydrogen-bond donors (Lipinski definition) is 1. The smallest absolute Gasteiger partial charge is 0.256 e. The van der Waals surface area contributed by atoms with Crippen LogP contribution in [0.1, 0.15) is 22.2 Å². The molecule has 1 amide bonds. The Morgan fingerprint density at radius 2 is 2.17 bits per heavy atom. The van der Waals surface area contributed by atoms with Crippen LogP contribution in [0.5, 0.6) is 0 Å². The van der Waals surface area contributed by atoms with Crippen molar-refractivity contribution in [3.8, 4) is 0 Å². The molecule has 0 aromatic carbocycles. The first-order chi connectivity index (χ1) is 11.1. The lowest BCUT2D eigenvalue weighted by molar-refractivity contribution is 0.0620. The van der Waals surface area contributed by atoms with Crippen LogP contribution in [0, 0.1) is 0 Å². The van der Waals surface area contributed by atoms with E-state index in [-0.39, 0.29) is 11.9 Å². The molecule has 1 aliphatic heterocycles. The molecule has 1 fully saturated rings. The van der Waals surface area contributed by atoms with Crippen LogP contribution in [-0.4, -0.2) is 59.1 Å². The molecule has 0 radical (unpaired) electrons. The topological polar surface area (TPSA) is 66.3 Å². The van der Waals surface area contributed by atoms with Crippen LogP contribution >= 0.6 is 0 Å². The molecule has 122 valence electrons. The molecule has 1 unspecified atom stereocenters. The van der Waals surface area contributed by atoms with Gasteiger partial charge in [-0.25, -0.2) is 9.97 Å². The number of amides is 1. The van der Waals surface area contributed by atoms with Gasteiger partial charge in [-0.2, -0.15) is 0 Å². The molecule has 1 atom stereocenters. The number of anilines is 1. The second-order valence-corrected chi connectivity index (χ2v) is 5.91. The standard InChI is InChI=1S/C16H22N6O/c1-20(2)14-5-4-12(10-19-14)16(23)22-9-6-17-11-13(22)15-18-7-8-21(15)3/h4-5,7-8,10,13,17H,6,9,11H2,1-3H3. The molecule has 2 aromatic rings. The van der Waals surface area contributed by atoms with E-state index in [1.807, 2.05) is 53.8 Å². The number of nitrogens with one attached hydrogen (secondary N) is 1. The second kappa shape index (κ2) is 6.37. The average Bonchev–Trinajstić information content (AvgIpc) is 3.00. The maximum absolute atomic E-state index is 12.9. The summed E-state index contributed by atoms with van der Waals surface area (Å²) in [5.41, 5.74) is 0.608. The van der Waals surface area contributed by atoms with Crippen LogP contribution in [0.4, 0.5) is 5.82 Å². The van der Waals surface area contributed by atoms with Gasteiger partial charge < -0.3 is 19.7 Å². The third-order valence-electron chi connectivity index (χ3n) is 4.11. The van der Waals surface area contributed by atoms with Crippen LogP contribution < -0.4 is 10.2 Å². The van der Waals surface area contributed by atoms with E-state index in [0.29, 0.717) is 18.7 Å². The molecule has 0 bridgehead atoms. The zero-order valence-corrected chi connectivity index (χ0v) is 13.7. The van der Waals surface area contributed by atoms with Gasteiger partial charge >= 0.3 is 0 Å². The van der Waals surface area contributed by atoms with Crippen LogP contribution in [0.3, 0.4) is 0 Å². The Morgan fingerprint density at radius 3 is 2.78 bits per heavy atom. The number of carbonyl (C=O) groups excluding carboxylic acids is 1. The van der Waals surface area contributed by atoms with Gasteiger partial charge in [0.25, 0.3) is 5.91 Å². The van der Waals surface area contributed by atoms with Crippen molar-refractivity contribution in [1.29, 1.82) is 0 Å². The molecule has 0 aliphatic carbocycles. The van der Waals surface area contributed by atoms with Gasteiger partial charge in [0, 0.05) is 59.4 Å². The molecule has 7 heteroatoms. The summed E-state index contributed by atoms with van der Waals surface area (Å²) >= 11 is 0. The minimum Gasteiger partial charge on any atom is -0.363 e. The highest BCUT2D eigenvalue weighted by molar-refractivity contribution is 5.94. The summed E-state index contributed by atoms with van der Waals surface area (Å²) in [6.45, 7) is 2.15. The van der Waals surface area contributed by atoms with Gasteiger partial charge in [-0.15, -0.1) is 0 Å². The monoisotopic (exact) mass is 314 g/mol. The molecule has 0 spiro atoms. The third kappa shape index (κ3) is 3.05. The Hall–Kier alpha value is -2.41. The number of piperazine rings is 1. The van der Waals surface area contributed by atoms with Gasteiger partial charge in [0.1, 0.15) is 17.7 Å². The summed E-state index contributed by atoms with van der Waals surface area (Å²) in [5, 5.41) is 3.34. The number of rotatable bonds is 3. The zero-order chi connectivity index (χ0) is 16.4. The van der Waals surface area contributed by atoms with E-state index in [0.717, 1.165) is 18.2 Å². The normalized spacial score (nSPS) is 18.0. The number of aromatic nitrogens is 3. The zero-order valence-electron chi connectivity index (χ0n) is 13.7. The fourth-order valence-corrected chi connectivity index (χ4v) is 2.82. The van der Waals surface area contributed by atoms with E-state index < -0.39 is 0 Å². The van der Waals surface area contributed by atoms with Crippen molar-refractivity contribution in [3.63, 3.8) is 0 Å². The Balaban J connectivity index is 1.85.